The number of hydrogen-bond acceptors (Lipinski definition) is 7. The van der Waals surface area contributed by atoms with E-state index in [2.05, 4.69) is 13.8 Å². The molecule has 1 unspecified atom stereocenters. The molecule has 8 nitrogen and oxygen atoms in total. The second-order valence-corrected chi connectivity index (χ2v) is 22.4. The topological polar surface area (TPSA) is 117 Å². The minimum absolute atomic E-state index is 0.0895. The van der Waals surface area contributed by atoms with E-state index in [-0.39, 0.29) is 32.3 Å². The number of unbranched alkanes of at least 4 members (excludes halogenated alkanes) is 47. The number of hydrogen-bond donors (Lipinski definition) is 2. The van der Waals surface area contributed by atoms with E-state index in [1.54, 1.807) is 0 Å². The molecule has 0 aliphatic carbocycles. The number of carbonyl (C=O) groups excluding carboxylic acids is 1. The Labute approximate surface area is 424 Å². The molecule has 0 saturated heterocycles. The summed E-state index contributed by atoms with van der Waals surface area (Å²) in [7, 11) is -4.28. The summed E-state index contributed by atoms with van der Waals surface area (Å²) >= 11 is 0. The van der Waals surface area contributed by atoms with E-state index in [0.717, 1.165) is 32.1 Å². The van der Waals surface area contributed by atoms with Gasteiger partial charge in [-0.2, -0.15) is 0 Å². The Balaban J connectivity index is 3.74. The molecule has 3 N–H and O–H groups in total. The fraction of sp³-hybridized carbons (Fsp3) is 0.983. The van der Waals surface area contributed by atoms with Crippen molar-refractivity contribution in [2.24, 2.45) is 5.73 Å². The molecule has 0 rings (SSSR count). The van der Waals surface area contributed by atoms with Crippen LogP contribution in [0, 0.1) is 0 Å². The van der Waals surface area contributed by atoms with Crippen LogP contribution >= 0.6 is 7.82 Å². The van der Waals surface area contributed by atoms with Crippen LogP contribution in [0.5, 0.6) is 0 Å². The summed E-state index contributed by atoms with van der Waals surface area (Å²) < 4.78 is 33.7. The van der Waals surface area contributed by atoms with Crippen molar-refractivity contribution < 1.29 is 32.8 Å². The summed E-state index contributed by atoms with van der Waals surface area (Å²) in [5, 5.41) is 0. The Morgan fingerprint density at radius 1 is 0.382 bits per heavy atom. The van der Waals surface area contributed by atoms with Gasteiger partial charge < -0.3 is 20.1 Å². The molecule has 68 heavy (non-hydrogen) atoms. The highest BCUT2D eigenvalue weighted by atomic mass is 31.2. The molecule has 0 spiro atoms. The van der Waals surface area contributed by atoms with E-state index in [4.69, 9.17) is 24.3 Å². The van der Waals surface area contributed by atoms with Crippen LogP contribution in [0.2, 0.25) is 0 Å². The van der Waals surface area contributed by atoms with E-state index in [0.29, 0.717) is 13.0 Å². The molecule has 0 saturated carbocycles. The van der Waals surface area contributed by atoms with Gasteiger partial charge in [-0.05, 0) is 12.8 Å². The first-order valence-corrected chi connectivity index (χ1v) is 32.0. The first kappa shape index (κ1) is 67.5. The summed E-state index contributed by atoms with van der Waals surface area (Å²) in [6.45, 7) is 5.03. The fourth-order valence-corrected chi connectivity index (χ4v) is 10.3. The van der Waals surface area contributed by atoms with E-state index >= 15 is 0 Å². The van der Waals surface area contributed by atoms with Crippen molar-refractivity contribution in [3.8, 4) is 0 Å². The molecule has 2 atom stereocenters. The van der Waals surface area contributed by atoms with Crippen molar-refractivity contribution in [3.05, 3.63) is 0 Å². The first-order valence-electron chi connectivity index (χ1n) is 30.5. The highest BCUT2D eigenvalue weighted by Crippen LogP contribution is 2.43. The number of carbonyl (C=O) groups is 1. The van der Waals surface area contributed by atoms with Gasteiger partial charge in [-0.25, -0.2) is 4.57 Å². The van der Waals surface area contributed by atoms with Crippen molar-refractivity contribution >= 4 is 13.8 Å². The predicted molar refractivity (Wildman–Crippen MR) is 294 cm³/mol. The quantitative estimate of drug-likeness (QED) is 0.0352. The third-order valence-corrected chi connectivity index (χ3v) is 15.0. The minimum atomic E-state index is -4.28. The molecule has 0 amide bonds. The monoisotopic (exact) mass is 986 g/mol. The second-order valence-electron chi connectivity index (χ2n) is 20.9. The zero-order valence-corrected chi connectivity index (χ0v) is 46.8. The lowest BCUT2D eigenvalue weighted by Crippen LogP contribution is -2.28. The average Bonchev–Trinajstić information content (AvgIpc) is 3.33. The van der Waals surface area contributed by atoms with Gasteiger partial charge in [0.25, 0.3) is 0 Å². The van der Waals surface area contributed by atoms with Crippen LogP contribution < -0.4 is 5.73 Å². The van der Waals surface area contributed by atoms with Gasteiger partial charge in [0, 0.05) is 19.6 Å². The fourth-order valence-electron chi connectivity index (χ4n) is 9.53. The maximum absolute atomic E-state index is 12.7. The van der Waals surface area contributed by atoms with E-state index in [9.17, 15) is 14.3 Å². The predicted octanol–water partition coefficient (Wildman–Crippen LogP) is 19.6. The number of ether oxygens (including phenoxy) is 2. The van der Waals surface area contributed by atoms with Gasteiger partial charge in [0.05, 0.1) is 19.8 Å². The largest absolute Gasteiger partial charge is 0.472 e. The van der Waals surface area contributed by atoms with E-state index in [1.807, 2.05) is 0 Å². The normalized spacial score (nSPS) is 13.1. The van der Waals surface area contributed by atoms with E-state index < -0.39 is 13.9 Å². The summed E-state index contributed by atoms with van der Waals surface area (Å²) in [6.07, 6.45) is 66.1. The van der Waals surface area contributed by atoms with Gasteiger partial charge in [0.15, 0.2) is 0 Å². The molecule has 0 fully saturated rings. The van der Waals surface area contributed by atoms with Gasteiger partial charge in [-0.1, -0.05) is 316 Å². The summed E-state index contributed by atoms with van der Waals surface area (Å²) in [6, 6.07) is 0. The van der Waals surface area contributed by atoms with Crippen molar-refractivity contribution in [2.75, 3.05) is 33.0 Å². The zero-order valence-electron chi connectivity index (χ0n) is 45.9. The number of esters is 1. The average molecular weight is 987 g/mol. The Kier molecular flexibility index (Phi) is 57.0. The van der Waals surface area contributed by atoms with Gasteiger partial charge in [-0.3, -0.25) is 13.8 Å². The van der Waals surface area contributed by atoms with Gasteiger partial charge >= 0.3 is 13.8 Å². The molecule has 0 heterocycles. The number of phosphoric ester groups is 1. The van der Waals surface area contributed by atoms with Crippen LogP contribution in [0.15, 0.2) is 0 Å². The third kappa shape index (κ3) is 56.4. The molecular weight excluding hydrogens is 866 g/mol. The Morgan fingerprint density at radius 2 is 0.647 bits per heavy atom. The molecule has 0 aromatic heterocycles. The molecule has 0 aromatic carbocycles. The minimum Gasteiger partial charge on any atom is -0.457 e. The standard InChI is InChI=1S/C59H120NO7P/c1-3-5-7-9-11-13-15-17-19-21-23-24-25-26-27-28-29-30-31-32-33-34-35-36-38-40-42-44-46-48-50-52-59(61)67-58(57-66-68(62,63)65-55-53-60)56-64-54-51-49-47-45-43-41-39-37-22-20-18-16-14-12-10-8-6-4-2/h58H,3-57,60H2,1-2H3,(H,62,63)/t58-/m1/s1. The molecule has 0 aliphatic rings. The Hall–Kier alpha value is -0.500. The number of nitrogens with two attached hydrogens (primary N) is 1. The second kappa shape index (κ2) is 57.4. The van der Waals surface area contributed by atoms with Crippen molar-refractivity contribution in [1.29, 1.82) is 0 Å². The summed E-state index contributed by atoms with van der Waals surface area (Å²) in [4.78, 5) is 22.7. The van der Waals surface area contributed by atoms with Crippen LogP contribution in [0.25, 0.3) is 0 Å². The van der Waals surface area contributed by atoms with Crippen molar-refractivity contribution in [3.63, 3.8) is 0 Å². The van der Waals surface area contributed by atoms with Gasteiger partial charge in [0.2, 0.25) is 0 Å². The van der Waals surface area contributed by atoms with Crippen LogP contribution in [0.1, 0.15) is 335 Å². The van der Waals surface area contributed by atoms with Crippen LogP contribution in [-0.4, -0.2) is 49.9 Å². The highest BCUT2D eigenvalue weighted by molar-refractivity contribution is 7.47. The van der Waals surface area contributed by atoms with E-state index in [1.165, 1.54) is 283 Å². The Bertz CT molecular complexity index is 1020. The SMILES string of the molecule is CCCCCCCCCCCCCCCCCCCCCCCCCCCCCCCCCC(=O)O[C@H](COCCCCCCCCCCCCCCCCCCCC)COP(=O)(O)OCCN. The lowest BCUT2D eigenvalue weighted by atomic mass is 10.0. The molecule has 408 valence electrons. The molecule has 0 radical (unpaired) electrons. The van der Waals surface area contributed by atoms with Gasteiger partial charge in [0.1, 0.15) is 6.10 Å². The summed E-state index contributed by atoms with van der Waals surface area (Å²) in [5.74, 6) is -0.318. The maximum Gasteiger partial charge on any atom is 0.472 e. The van der Waals surface area contributed by atoms with Crippen LogP contribution in [0.4, 0.5) is 0 Å². The Morgan fingerprint density at radius 3 is 0.926 bits per heavy atom. The number of phosphoric acid groups is 1. The number of rotatable bonds is 60. The van der Waals surface area contributed by atoms with Crippen molar-refractivity contribution in [1.82, 2.24) is 0 Å². The molecule has 0 aliphatic heterocycles. The molecule has 0 bridgehead atoms. The van der Waals surface area contributed by atoms with Gasteiger partial charge in [-0.15, -0.1) is 0 Å². The first-order chi connectivity index (χ1) is 33.4. The lowest BCUT2D eigenvalue weighted by Gasteiger charge is -2.20. The molecule has 9 heteroatoms. The molecule has 0 aromatic rings. The van der Waals surface area contributed by atoms with Crippen LogP contribution in [-0.2, 0) is 27.9 Å². The summed E-state index contributed by atoms with van der Waals surface area (Å²) in [5.41, 5.74) is 5.41. The molecular formula is C59H120NO7P. The van der Waals surface area contributed by atoms with Crippen LogP contribution in [0.3, 0.4) is 0 Å². The zero-order chi connectivity index (χ0) is 49.4. The smallest absolute Gasteiger partial charge is 0.457 e. The maximum atomic E-state index is 12.7. The third-order valence-electron chi connectivity index (χ3n) is 14.0. The van der Waals surface area contributed by atoms with Crippen molar-refractivity contribution in [2.45, 2.75) is 341 Å². The lowest BCUT2D eigenvalue weighted by molar-refractivity contribution is -0.154. The highest BCUT2D eigenvalue weighted by Gasteiger charge is 2.25.